The number of nitrogens with zero attached hydrogens (tertiary/aromatic N) is 1. The fraction of sp³-hybridized carbons (Fsp3) is 0.944. The standard InChI is InChI=1S/C18H29NO2/c1-16-6-13-7-17(2,10-16)12-18(8-13,11-16)15(21)19-5-3-4-14(19)9-20/h13-14,20H,3-12H2,1-2H3/t13?,14-,16?,17?,18?/m1/s1. The summed E-state index contributed by atoms with van der Waals surface area (Å²) in [7, 11) is 0. The van der Waals surface area contributed by atoms with E-state index in [-0.39, 0.29) is 18.1 Å². The fourth-order valence-electron chi connectivity index (χ4n) is 7.28. The van der Waals surface area contributed by atoms with Gasteiger partial charge in [-0.25, -0.2) is 0 Å². The van der Waals surface area contributed by atoms with Crippen LogP contribution in [0.15, 0.2) is 0 Å². The van der Waals surface area contributed by atoms with Gasteiger partial charge in [-0.1, -0.05) is 13.8 Å². The van der Waals surface area contributed by atoms with Crippen LogP contribution < -0.4 is 0 Å². The van der Waals surface area contributed by atoms with Crippen LogP contribution in [0.2, 0.25) is 0 Å². The molecular formula is C18H29NO2. The molecular weight excluding hydrogens is 262 g/mol. The Hall–Kier alpha value is -0.570. The van der Waals surface area contributed by atoms with Gasteiger partial charge >= 0.3 is 0 Å². The van der Waals surface area contributed by atoms with Crippen molar-refractivity contribution in [2.45, 2.75) is 71.3 Å². The summed E-state index contributed by atoms with van der Waals surface area (Å²) in [5.74, 6) is 1.15. The van der Waals surface area contributed by atoms with Crippen molar-refractivity contribution < 1.29 is 9.90 Å². The van der Waals surface area contributed by atoms with E-state index in [9.17, 15) is 9.90 Å². The topological polar surface area (TPSA) is 40.5 Å². The van der Waals surface area contributed by atoms with Crippen LogP contribution in [0.4, 0.5) is 0 Å². The molecule has 2 unspecified atom stereocenters. The normalized spacial score (nSPS) is 51.7. The maximum absolute atomic E-state index is 13.4. The largest absolute Gasteiger partial charge is 0.394 e. The van der Waals surface area contributed by atoms with Crippen molar-refractivity contribution in [3.8, 4) is 0 Å². The molecule has 4 saturated carbocycles. The summed E-state index contributed by atoms with van der Waals surface area (Å²) in [6.45, 7) is 5.85. The van der Waals surface area contributed by atoms with E-state index in [2.05, 4.69) is 13.8 Å². The van der Waals surface area contributed by atoms with Gasteiger partial charge in [0.1, 0.15) is 0 Å². The predicted octanol–water partition coefficient (Wildman–Crippen LogP) is 2.97. The van der Waals surface area contributed by atoms with Crippen LogP contribution >= 0.6 is 0 Å². The zero-order valence-electron chi connectivity index (χ0n) is 13.5. The lowest BCUT2D eigenvalue weighted by atomic mass is 9.40. The molecule has 21 heavy (non-hydrogen) atoms. The third-order valence-electron chi connectivity index (χ3n) is 6.93. The van der Waals surface area contributed by atoms with Crippen LogP contribution in [0.5, 0.6) is 0 Å². The van der Waals surface area contributed by atoms with Crippen LogP contribution in [0.3, 0.4) is 0 Å². The van der Waals surface area contributed by atoms with Crippen molar-refractivity contribution in [3.63, 3.8) is 0 Å². The second kappa shape index (κ2) is 4.24. The lowest BCUT2D eigenvalue weighted by molar-refractivity contribution is -0.180. The van der Waals surface area contributed by atoms with Gasteiger partial charge in [0.05, 0.1) is 18.1 Å². The molecule has 4 bridgehead atoms. The molecule has 0 aromatic heterocycles. The van der Waals surface area contributed by atoms with Gasteiger partial charge < -0.3 is 10.0 Å². The first-order valence-corrected chi connectivity index (χ1v) is 8.79. The predicted molar refractivity (Wildman–Crippen MR) is 81.7 cm³/mol. The molecule has 1 amide bonds. The first kappa shape index (κ1) is 14.0. The highest BCUT2D eigenvalue weighted by atomic mass is 16.3. The van der Waals surface area contributed by atoms with E-state index in [1.54, 1.807) is 0 Å². The number of hydrogen-bond acceptors (Lipinski definition) is 2. The van der Waals surface area contributed by atoms with Crippen LogP contribution in [-0.4, -0.2) is 35.1 Å². The number of hydrogen-bond donors (Lipinski definition) is 1. The Balaban J connectivity index is 1.66. The number of carbonyl (C=O) groups is 1. The van der Waals surface area contributed by atoms with E-state index in [4.69, 9.17) is 0 Å². The van der Waals surface area contributed by atoms with Crippen LogP contribution in [0.25, 0.3) is 0 Å². The van der Waals surface area contributed by atoms with Crippen molar-refractivity contribution in [2.75, 3.05) is 13.2 Å². The Kier molecular flexibility index (Phi) is 2.84. The second-order valence-electron chi connectivity index (χ2n) is 9.39. The maximum Gasteiger partial charge on any atom is 0.229 e. The zero-order valence-corrected chi connectivity index (χ0v) is 13.5. The average molecular weight is 291 g/mol. The highest BCUT2D eigenvalue weighted by molar-refractivity contribution is 5.84. The Bertz CT molecular complexity index is 456. The van der Waals surface area contributed by atoms with E-state index in [1.165, 1.54) is 19.3 Å². The number of rotatable bonds is 2. The molecule has 3 nitrogen and oxygen atoms in total. The van der Waals surface area contributed by atoms with Crippen LogP contribution in [-0.2, 0) is 4.79 Å². The van der Waals surface area contributed by atoms with Gasteiger partial charge in [0.2, 0.25) is 5.91 Å². The average Bonchev–Trinajstić information content (AvgIpc) is 2.81. The van der Waals surface area contributed by atoms with Gasteiger partial charge in [-0.15, -0.1) is 0 Å². The van der Waals surface area contributed by atoms with Crippen LogP contribution in [0, 0.1) is 22.2 Å². The summed E-state index contributed by atoms with van der Waals surface area (Å²) >= 11 is 0. The van der Waals surface area contributed by atoms with Gasteiger partial charge in [-0.3, -0.25) is 4.79 Å². The van der Waals surface area contributed by atoms with Gasteiger partial charge in [-0.05, 0) is 68.1 Å². The molecule has 0 aromatic rings. The van der Waals surface area contributed by atoms with E-state index >= 15 is 0 Å². The molecule has 1 N–H and O–H groups in total. The van der Waals surface area contributed by atoms with Crippen molar-refractivity contribution in [3.05, 3.63) is 0 Å². The summed E-state index contributed by atoms with van der Waals surface area (Å²) in [5.41, 5.74) is 0.678. The third-order valence-corrected chi connectivity index (χ3v) is 6.93. The van der Waals surface area contributed by atoms with Crippen LogP contribution in [0.1, 0.15) is 65.2 Å². The Labute approximate surface area is 128 Å². The molecule has 1 heterocycles. The van der Waals surface area contributed by atoms with E-state index in [1.807, 2.05) is 4.90 Å². The lowest BCUT2D eigenvalue weighted by Crippen LogP contribution is -2.61. The first-order valence-electron chi connectivity index (χ1n) is 8.79. The molecule has 3 atom stereocenters. The zero-order chi connectivity index (χ0) is 14.9. The quantitative estimate of drug-likeness (QED) is 0.849. The van der Waals surface area contributed by atoms with Gasteiger partial charge in [0.15, 0.2) is 0 Å². The highest BCUT2D eigenvalue weighted by Crippen LogP contribution is 2.70. The molecule has 3 heteroatoms. The monoisotopic (exact) mass is 291 g/mol. The molecule has 1 aliphatic heterocycles. The van der Waals surface area contributed by atoms with Crippen molar-refractivity contribution >= 4 is 5.91 Å². The Morgan fingerprint density at radius 3 is 2.38 bits per heavy atom. The summed E-state index contributed by atoms with van der Waals surface area (Å²) in [6.07, 6.45) is 9.34. The SMILES string of the molecule is CC12CC3CC(C)(C1)CC(C(=O)N1CCC[C@@H]1CO)(C3)C2. The highest BCUT2D eigenvalue weighted by Gasteiger charge is 2.63. The Morgan fingerprint density at radius 1 is 1.14 bits per heavy atom. The molecule has 5 aliphatic rings. The lowest BCUT2D eigenvalue weighted by Gasteiger charge is -2.65. The second-order valence-corrected chi connectivity index (χ2v) is 9.39. The number of aliphatic hydroxyl groups is 1. The third kappa shape index (κ3) is 1.99. The maximum atomic E-state index is 13.4. The number of amides is 1. The summed E-state index contributed by atoms with van der Waals surface area (Å²) in [6, 6.07) is 0.0890. The van der Waals surface area contributed by atoms with E-state index in [0.29, 0.717) is 16.7 Å². The molecule has 1 saturated heterocycles. The molecule has 5 rings (SSSR count). The van der Waals surface area contributed by atoms with Crippen molar-refractivity contribution in [1.82, 2.24) is 4.90 Å². The first-order chi connectivity index (χ1) is 9.87. The minimum Gasteiger partial charge on any atom is -0.394 e. The van der Waals surface area contributed by atoms with Crippen molar-refractivity contribution in [1.29, 1.82) is 0 Å². The number of carbonyl (C=O) groups excluding carboxylic acids is 1. The molecule has 5 fully saturated rings. The molecule has 0 aromatic carbocycles. The number of likely N-dealkylation sites (tertiary alicyclic amines) is 1. The fourth-order valence-corrected chi connectivity index (χ4v) is 7.28. The number of aliphatic hydroxyl groups excluding tert-OH is 1. The smallest absolute Gasteiger partial charge is 0.229 e. The molecule has 0 spiro atoms. The van der Waals surface area contributed by atoms with Crippen molar-refractivity contribution in [2.24, 2.45) is 22.2 Å². The van der Waals surface area contributed by atoms with Gasteiger partial charge in [0.25, 0.3) is 0 Å². The molecule has 4 aliphatic carbocycles. The summed E-state index contributed by atoms with van der Waals surface area (Å²) < 4.78 is 0. The Morgan fingerprint density at radius 2 is 1.81 bits per heavy atom. The van der Waals surface area contributed by atoms with E-state index < -0.39 is 0 Å². The van der Waals surface area contributed by atoms with Gasteiger partial charge in [0, 0.05) is 6.54 Å². The summed E-state index contributed by atoms with van der Waals surface area (Å²) in [5, 5.41) is 9.57. The minimum atomic E-state index is -0.0966. The van der Waals surface area contributed by atoms with Gasteiger partial charge in [-0.2, -0.15) is 0 Å². The van der Waals surface area contributed by atoms with E-state index in [0.717, 1.165) is 44.6 Å². The minimum absolute atomic E-state index is 0.0890. The molecule has 0 radical (unpaired) electrons. The summed E-state index contributed by atoms with van der Waals surface area (Å²) in [4.78, 5) is 15.4. The molecule has 118 valence electrons.